The van der Waals surface area contributed by atoms with Crippen molar-refractivity contribution in [1.82, 2.24) is 9.97 Å². The lowest BCUT2D eigenvalue weighted by molar-refractivity contribution is -0.140. The number of alkyl halides is 3. The highest BCUT2D eigenvalue weighted by atomic mass is 79.9. The van der Waals surface area contributed by atoms with E-state index in [2.05, 4.69) is 31.2 Å². The maximum atomic E-state index is 14.1. The van der Waals surface area contributed by atoms with Crippen LogP contribution in [0.1, 0.15) is 18.5 Å². The van der Waals surface area contributed by atoms with Gasteiger partial charge in [0.05, 0.1) is 22.6 Å². The molecule has 1 atom stereocenters. The number of anilines is 2. The molecule has 1 fully saturated rings. The lowest BCUT2D eigenvalue weighted by atomic mass is 9.96. The second kappa shape index (κ2) is 8.41. The van der Waals surface area contributed by atoms with Crippen molar-refractivity contribution in [2.75, 3.05) is 23.3 Å². The number of benzene rings is 2. The third-order valence-electron chi connectivity index (χ3n) is 5.10. The third kappa shape index (κ3) is 4.63. The minimum Gasteiger partial charge on any atom is -0.354 e. The summed E-state index contributed by atoms with van der Waals surface area (Å²) < 4.78 is 55.7. The van der Waals surface area contributed by atoms with Gasteiger partial charge in [0.15, 0.2) is 11.5 Å². The molecule has 0 spiro atoms. The van der Waals surface area contributed by atoms with Gasteiger partial charge in [-0.05, 0) is 43.2 Å². The molecule has 2 aromatic carbocycles. The number of para-hydroxylation sites is 2. The minimum absolute atomic E-state index is 0.0202. The van der Waals surface area contributed by atoms with Gasteiger partial charge in [0, 0.05) is 17.6 Å². The molecule has 1 amide bonds. The number of nitrogens with one attached hydrogen (secondary N) is 1. The highest BCUT2D eigenvalue weighted by Gasteiger charge is 2.40. The normalized spacial score (nSPS) is 17.1. The standard InChI is InChI=1S/C21H17BrF4N4O/c22-13-7-8-15(14(23)10-13)29-20(31)12-4-3-9-30(11-12)19-18(21(24,25)26)27-16-5-1-2-6-17(16)28-19/h1-2,5-8,10,12H,3-4,9,11H2,(H,29,31). The van der Waals surface area contributed by atoms with Crippen molar-refractivity contribution in [2.45, 2.75) is 19.0 Å². The van der Waals surface area contributed by atoms with Crippen molar-refractivity contribution in [2.24, 2.45) is 5.92 Å². The first kappa shape index (κ1) is 21.5. The molecule has 162 valence electrons. The lowest BCUT2D eigenvalue weighted by Gasteiger charge is -2.34. The van der Waals surface area contributed by atoms with Crippen LogP contribution in [-0.4, -0.2) is 29.0 Å². The van der Waals surface area contributed by atoms with Crippen LogP contribution in [0.15, 0.2) is 46.9 Å². The van der Waals surface area contributed by atoms with Crippen molar-refractivity contribution in [3.05, 3.63) is 58.4 Å². The van der Waals surface area contributed by atoms with Gasteiger partial charge in [0.2, 0.25) is 5.91 Å². The zero-order valence-corrected chi connectivity index (χ0v) is 17.7. The summed E-state index contributed by atoms with van der Waals surface area (Å²) in [7, 11) is 0. The number of carbonyl (C=O) groups is 1. The van der Waals surface area contributed by atoms with E-state index in [-0.39, 0.29) is 23.6 Å². The van der Waals surface area contributed by atoms with Crippen LogP contribution in [0.5, 0.6) is 0 Å². The van der Waals surface area contributed by atoms with Crippen LogP contribution in [0, 0.1) is 11.7 Å². The van der Waals surface area contributed by atoms with Crippen LogP contribution >= 0.6 is 15.9 Å². The van der Waals surface area contributed by atoms with Crippen LogP contribution in [0.25, 0.3) is 11.0 Å². The van der Waals surface area contributed by atoms with E-state index < -0.39 is 29.5 Å². The Bertz CT molecular complexity index is 1140. The summed E-state index contributed by atoms with van der Waals surface area (Å²) in [6, 6.07) is 10.6. The van der Waals surface area contributed by atoms with E-state index in [1.165, 1.54) is 23.1 Å². The number of rotatable bonds is 3. The molecule has 0 aliphatic carbocycles. The molecule has 1 aromatic heterocycles. The summed E-state index contributed by atoms with van der Waals surface area (Å²) in [5, 5.41) is 2.53. The monoisotopic (exact) mass is 496 g/mol. The van der Waals surface area contributed by atoms with E-state index in [0.29, 0.717) is 29.4 Å². The molecule has 1 saturated heterocycles. The Morgan fingerprint density at radius 2 is 1.84 bits per heavy atom. The highest BCUT2D eigenvalue weighted by molar-refractivity contribution is 9.10. The average Bonchev–Trinajstić information content (AvgIpc) is 2.74. The minimum atomic E-state index is -4.69. The van der Waals surface area contributed by atoms with Gasteiger partial charge in [-0.3, -0.25) is 4.79 Å². The number of hydrogen-bond donors (Lipinski definition) is 1. The molecule has 10 heteroatoms. The van der Waals surface area contributed by atoms with Crippen LogP contribution < -0.4 is 10.2 Å². The molecular weight excluding hydrogens is 480 g/mol. The molecule has 5 nitrogen and oxygen atoms in total. The molecule has 1 aliphatic heterocycles. The van der Waals surface area contributed by atoms with E-state index in [9.17, 15) is 22.4 Å². The van der Waals surface area contributed by atoms with E-state index in [1.807, 2.05) is 0 Å². The molecule has 1 unspecified atom stereocenters. The summed E-state index contributed by atoms with van der Waals surface area (Å²) >= 11 is 3.15. The van der Waals surface area contributed by atoms with Gasteiger partial charge in [-0.1, -0.05) is 28.1 Å². The molecule has 0 bridgehead atoms. The fourth-order valence-corrected chi connectivity index (χ4v) is 3.94. The zero-order valence-electron chi connectivity index (χ0n) is 16.1. The van der Waals surface area contributed by atoms with Gasteiger partial charge in [0.25, 0.3) is 0 Å². The molecule has 4 rings (SSSR count). The van der Waals surface area contributed by atoms with Gasteiger partial charge in [-0.2, -0.15) is 13.2 Å². The highest BCUT2D eigenvalue weighted by Crippen LogP contribution is 2.37. The molecular formula is C21H17BrF4N4O. The molecule has 3 aromatic rings. The molecule has 0 saturated carbocycles. The topological polar surface area (TPSA) is 58.1 Å². The summed E-state index contributed by atoms with van der Waals surface area (Å²) in [4.78, 5) is 22.1. The largest absolute Gasteiger partial charge is 0.437 e. The SMILES string of the molecule is O=C(Nc1ccc(Br)cc1F)C1CCCN(c2nc3ccccc3nc2C(F)(F)F)C1. The zero-order chi connectivity index (χ0) is 22.2. The van der Waals surface area contributed by atoms with Crippen LogP contribution in [0.4, 0.5) is 29.1 Å². The summed E-state index contributed by atoms with van der Waals surface area (Å²) in [6.45, 7) is 0.340. The smallest absolute Gasteiger partial charge is 0.354 e. The first-order chi connectivity index (χ1) is 14.7. The average molecular weight is 497 g/mol. The van der Waals surface area contributed by atoms with Crippen molar-refractivity contribution in [1.29, 1.82) is 0 Å². The van der Waals surface area contributed by atoms with E-state index >= 15 is 0 Å². The van der Waals surface area contributed by atoms with Gasteiger partial charge in [0.1, 0.15) is 5.82 Å². The fourth-order valence-electron chi connectivity index (χ4n) is 3.61. The number of fused-ring (bicyclic) bond motifs is 1. The van der Waals surface area contributed by atoms with E-state index in [1.54, 1.807) is 24.3 Å². The van der Waals surface area contributed by atoms with Crippen LogP contribution in [0.2, 0.25) is 0 Å². The molecule has 0 radical (unpaired) electrons. The second-order valence-corrected chi connectivity index (χ2v) is 8.20. The maximum Gasteiger partial charge on any atom is 0.437 e. The van der Waals surface area contributed by atoms with Crippen LogP contribution in [0.3, 0.4) is 0 Å². The van der Waals surface area contributed by atoms with Crippen molar-refractivity contribution >= 4 is 44.4 Å². The Labute approximate surface area is 183 Å². The number of aromatic nitrogens is 2. The number of hydrogen-bond acceptors (Lipinski definition) is 4. The predicted octanol–water partition coefficient (Wildman–Crippen LogP) is 5.41. The molecule has 1 aliphatic rings. The van der Waals surface area contributed by atoms with Crippen molar-refractivity contribution in [3.63, 3.8) is 0 Å². The number of piperidine rings is 1. The fraction of sp³-hybridized carbons (Fsp3) is 0.286. The van der Waals surface area contributed by atoms with E-state index in [0.717, 1.165) is 0 Å². The number of amides is 1. The summed E-state index contributed by atoms with van der Waals surface area (Å²) in [6.07, 6.45) is -3.72. The lowest BCUT2D eigenvalue weighted by Crippen LogP contribution is -2.42. The Hall–Kier alpha value is -2.75. The van der Waals surface area contributed by atoms with Gasteiger partial charge in [-0.15, -0.1) is 0 Å². The predicted molar refractivity (Wildman–Crippen MR) is 112 cm³/mol. The van der Waals surface area contributed by atoms with E-state index in [4.69, 9.17) is 0 Å². The van der Waals surface area contributed by atoms with Gasteiger partial charge >= 0.3 is 6.18 Å². The molecule has 1 N–H and O–H groups in total. The second-order valence-electron chi connectivity index (χ2n) is 7.28. The van der Waals surface area contributed by atoms with Crippen molar-refractivity contribution < 1.29 is 22.4 Å². The third-order valence-corrected chi connectivity index (χ3v) is 5.59. The Morgan fingerprint density at radius 3 is 2.52 bits per heavy atom. The van der Waals surface area contributed by atoms with Gasteiger partial charge < -0.3 is 10.2 Å². The first-order valence-corrected chi connectivity index (χ1v) is 10.4. The molecule has 31 heavy (non-hydrogen) atoms. The van der Waals surface area contributed by atoms with Crippen LogP contribution in [-0.2, 0) is 11.0 Å². The Morgan fingerprint density at radius 1 is 1.13 bits per heavy atom. The number of nitrogens with zero attached hydrogens (tertiary/aromatic N) is 3. The number of halogens is 5. The quantitative estimate of drug-likeness (QED) is 0.493. The first-order valence-electron chi connectivity index (χ1n) is 9.57. The van der Waals surface area contributed by atoms with Crippen molar-refractivity contribution in [3.8, 4) is 0 Å². The Kier molecular flexibility index (Phi) is 5.83. The Balaban J connectivity index is 1.61. The summed E-state index contributed by atoms with van der Waals surface area (Å²) in [5.74, 6) is -1.96. The number of carbonyl (C=O) groups excluding carboxylic acids is 1. The molecule has 2 heterocycles. The van der Waals surface area contributed by atoms with Gasteiger partial charge in [-0.25, -0.2) is 14.4 Å². The summed E-state index contributed by atoms with van der Waals surface area (Å²) in [5.41, 5.74) is -0.567. The maximum absolute atomic E-state index is 14.1.